The van der Waals surface area contributed by atoms with Crippen LogP contribution in [-0.2, 0) is 15.0 Å². The Morgan fingerprint density at radius 1 is 1.25 bits per heavy atom. The van der Waals surface area contributed by atoms with E-state index in [4.69, 9.17) is 5.14 Å². The second-order valence-electron chi connectivity index (χ2n) is 5.61. The van der Waals surface area contributed by atoms with Gasteiger partial charge in [0.2, 0.25) is 5.91 Å². The molecule has 20 heavy (non-hydrogen) atoms. The van der Waals surface area contributed by atoms with E-state index in [1.165, 1.54) is 4.31 Å². The molecule has 7 heteroatoms. The third-order valence-electron chi connectivity index (χ3n) is 4.13. The molecule has 0 bridgehead atoms. The molecule has 114 valence electrons. The van der Waals surface area contributed by atoms with Gasteiger partial charge in [-0.05, 0) is 38.0 Å². The van der Waals surface area contributed by atoms with Crippen LogP contribution in [0.5, 0.6) is 0 Å². The van der Waals surface area contributed by atoms with Gasteiger partial charge in [0.05, 0.1) is 0 Å². The van der Waals surface area contributed by atoms with Crippen molar-refractivity contribution in [3.8, 4) is 0 Å². The molecule has 1 aliphatic carbocycles. The molecule has 1 fully saturated rings. The van der Waals surface area contributed by atoms with Gasteiger partial charge in [-0.2, -0.15) is 12.7 Å². The molecule has 1 saturated heterocycles. The Labute approximate surface area is 120 Å². The molecular formula is C13H23N3O3S. The van der Waals surface area contributed by atoms with Gasteiger partial charge in [0.25, 0.3) is 10.2 Å². The van der Waals surface area contributed by atoms with Crippen molar-refractivity contribution in [1.29, 1.82) is 0 Å². The SMILES string of the molecule is NS(=O)(=O)N1CCC(C(=O)NCC2CC=CCC2)CC1. The van der Waals surface area contributed by atoms with Crippen molar-refractivity contribution in [2.75, 3.05) is 19.6 Å². The number of rotatable bonds is 4. The highest BCUT2D eigenvalue weighted by molar-refractivity contribution is 7.86. The summed E-state index contributed by atoms with van der Waals surface area (Å²) < 4.78 is 23.6. The molecular weight excluding hydrogens is 278 g/mol. The molecule has 2 rings (SSSR count). The van der Waals surface area contributed by atoms with Gasteiger partial charge in [-0.1, -0.05) is 12.2 Å². The molecule has 0 aromatic rings. The minimum absolute atomic E-state index is 0.0497. The lowest BCUT2D eigenvalue weighted by Gasteiger charge is -2.29. The normalized spacial score (nSPS) is 25.6. The van der Waals surface area contributed by atoms with E-state index in [0.717, 1.165) is 25.8 Å². The van der Waals surface area contributed by atoms with Crippen LogP contribution in [0.2, 0.25) is 0 Å². The molecule has 0 saturated carbocycles. The number of allylic oxidation sites excluding steroid dienone is 2. The maximum atomic E-state index is 12.1. The third kappa shape index (κ3) is 4.29. The average Bonchev–Trinajstić information content (AvgIpc) is 2.45. The van der Waals surface area contributed by atoms with Crippen LogP contribution in [-0.4, -0.2) is 38.3 Å². The second kappa shape index (κ2) is 6.69. The molecule has 2 aliphatic rings. The van der Waals surface area contributed by atoms with E-state index >= 15 is 0 Å². The monoisotopic (exact) mass is 301 g/mol. The van der Waals surface area contributed by atoms with E-state index in [9.17, 15) is 13.2 Å². The molecule has 1 amide bonds. The zero-order valence-electron chi connectivity index (χ0n) is 11.6. The highest BCUT2D eigenvalue weighted by Gasteiger charge is 2.29. The van der Waals surface area contributed by atoms with Crippen molar-refractivity contribution in [1.82, 2.24) is 9.62 Å². The Bertz CT molecular complexity index is 467. The fourth-order valence-corrected chi connectivity index (χ4v) is 3.52. The molecule has 0 aromatic carbocycles. The first-order valence-corrected chi connectivity index (χ1v) is 8.67. The number of carbonyl (C=O) groups is 1. The summed E-state index contributed by atoms with van der Waals surface area (Å²) >= 11 is 0. The fourth-order valence-electron chi connectivity index (χ4n) is 2.80. The zero-order chi connectivity index (χ0) is 14.6. The molecule has 0 radical (unpaired) electrons. The van der Waals surface area contributed by atoms with Gasteiger partial charge in [-0.15, -0.1) is 0 Å². The van der Waals surface area contributed by atoms with Crippen LogP contribution in [0.4, 0.5) is 0 Å². The van der Waals surface area contributed by atoms with E-state index in [1.54, 1.807) is 0 Å². The van der Waals surface area contributed by atoms with E-state index in [1.807, 2.05) is 0 Å². The smallest absolute Gasteiger partial charge is 0.276 e. The highest BCUT2D eigenvalue weighted by atomic mass is 32.2. The molecule has 1 atom stereocenters. The summed E-state index contributed by atoms with van der Waals surface area (Å²) in [4.78, 5) is 12.1. The fraction of sp³-hybridized carbons (Fsp3) is 0.769. The molecule has 0 aromatic heterocycles. The number of hydrogen-bond donors (Lipinski definition) is 2. The summed E-state index contributed by atoms with van der Waals surface area (Å²) in [6.45, 7) is 1.39. The minimum Gasteiger partial charge on any atom is -0.356 e. The summed E-state index contributed by atoms with van der Waals surface area (Å²) in [6.07, 6.45) is 8.70. The van der Waals surface area contributed by atoms with Crippen molar-refractivity contribution in [2.45, 2.75) is 32.1 Å². The van der Waals surface area contributed by atoms with Crippen molar-refractivity contribution in [2.24, 2.45) is 17.0 Å². The number of carbonyl (C=O) groups excluding carboxylic acids is 1. The van der Waals surface area contributed by atoms with Crippen LogP contribution in [0.3, 0.4) is 0 Å². The summed E-state index contributed by atoms with van der Waals surface area (Å²) in [7, 11) is -3.61. The van der Waals surface area contributed by atoms with Crippen LogP contribution in [0.15, 0.2) is 12.2 Å². The zero-order valence-corrected chi connectivity index (χ0v) is 12.4. The number of nitrogens with zero attached hydrogens (tertiary/aromatic N) is 1. The van der Waals surface area contributed by atoms with Crippen LogP contribution in [0.25, 0.3) is 0 Å². The Hall–Kier alpha value is -0.920. The Balaban J connectivity index is 1.73. The molecule has 6 nitrogen and oxygen atoms in total. The quantitative estimate of drug-likeness (QED) is 0.735. The predicted molar refractivity (Wildman–Crippen MR) is 76.9 cm³/mol. The largest absolute Gasteiger partial charge is 0.356 e. The third-order valence-corrected chi connectivity index (χ3v) is 5.21. The summed E-state index contributed by atoms with van der Waals surface area (Å²) in [5.41, 5.74) is 0. The maximum Gasteiger partial charge on any atom is 0.276 e. The number of hydrogen-bond acceptors (Lipinski definition) is 3. The second-order valence-corrected chi connectivity index (χ2v) is 7.16. The number of nitrogens with two attached hydrogens (primary N) is 1. The molecule has 3 N–H and O–H groups in total. The molecule has 1 heterocycles. The van der Waals surface area contributed by atoms with Gasteiger partial charge < -0.3 is 5.32 Å². The van der Waals surface area contributed by atoms with Crippen LogP contribution >= 0.6 is 0 Å². The predicted octanol–water partition coefficient (Wildman–Crippen LogP) is 0.374. The lowest BCUT2D eigenvalue weighted by Crippen LogP contribution is -2.45. The van der Waals surface area contributed by atoms with Gasteiger partial charge in [-0.3, -0.25) is 4.79 Å². The van der Waals surface area contributed by atoms with Crippen LogP contribution < -0.4 is 10.5 Å². The lowest BCUT2D eigenvalue weighted by atomic mass is 9.93. The molecule has 1 unspecified atom stereocenters. The van der Waals surface area contributed by atoms with E-state index in [2.05, 4.69) is 17.5 Å². The van der Waals surface area contributed by atoms with Crippen LogP contribution in [0, 0.1) is 11.8 Å². The van der Waals surface area contributed by atoms with E-state index < -0.39 is 10.2 Å². The van der Waals surface area contributed by atoms with Crippen molar-refractivity contribution in [3.63, 3.8) is 0 Å². The first kappa shape index (κ1) is 15.5. The average molecular weight is 301 g/mol. The van der Waals surface area contributed by atoms with Crippen molar-refractivity contribution in [3.05, 3.63) is 12.2 Å². The van der Waals surface area contributed by atoms with Gasteiger partial charge in [0.1, 0.15) is 0 Å². The number of piperidine rings is 1. The first-order chi connectivity index (χ1) is 9.47. The summed E-state index contributed by atoms with van der Waals surface area (Å²) in [6, 6.07) is 0. The highest BCUT2D eigenvalue weighted by Crippen LogP contribution is 2.20. The number of nitrogens with one attached hydrogen (secondary N) is 1. The van der Waals surface area contributed by atoms with Gasteiger partial charge in [0, 0.05) is 25.6 Å². The molecule has 1 aliphatic heterocycles. The van der Waals surface area contributed by atoms with Gasteiger partial charge >= 0.3 is 0 Å². The maximum absolute atomic E-state index is 12.1. The number of amides is 1. The first-order valence-electron chi connectivity index (χ1n) is 7.17. The van der Waals surface area contributed by atoms with Gasteiger partial charge in [-0.25, -0.2) is 5.14 Å². The molecule has 0 spiro atoms. The Kier molecular flexibility index (Phi) is 5.17. The topological polar surface area (TPSA) is 92.5 Å². The Morgan fingerprint density at radius 3 is 2.50 bits per heavy atom. The summed E-state index contributed by atoms with van der Waals surface area (Å²) in [5, 5.41) is 8.08. The summed E-state index contributed by atoms with van der Waals surface area (Å²) in [5.74, 6) is 0.495. The van der Waals surface area contributed by atoms with E-state index in [-0.39, 0.29) is 11.8 Å². The van der Waals surface area contributed by atoms with Crippen molar-refractivity contribution < 1.29 is 13.2 Å². The minimum atomic E-state index is -3.61. The van der Waals surface area contributed by atoms with Gasteiger partial charge in [0.15, 0.2) is 0 Å². The van der Waals surface area contributed by atoms with Crippen molar-refractivity contribution >= 4 is 16.1 Å². The lowest BCUT2D eigenvalue weighted by molar-refractivity contribution is -0.126. The Morgan fingerprint density at radius 2 is 1.95 bits per heavy atom. The van der Waals surface area contributed by atoms with Crippen LogP contribution in [0.1, 0.15) is 32.1 Å². The van der Waals surface area contributed by atoms with E-state index in [0.29, 0.717) is 31.8 Å². The standard InChI is InChI=1S/C13H23N3O3S/c14-20(18,19)16-8-6-12(7-9-16)13(17)15-10-11-4-2-1-3-5-11/h1-2,11-12H,3-10H2,(H,15,17)(H2,14,18,19).